The van der Waals surface area contributed by atoms with E-state index in [0.29, 0.717) is 10.7 Å². The molecule has 5 nitrogen and oxygen atoms in total. The van der Waals surface area contributed by atoms with Gasteiger partial charge in [0.1, 0.15) is 5.82 Å². The molecule has 1 aliphatic rings. The third-order valence-electron chi connectivity index (χ3n) is 5.58. The fourth-order valence-electron chi connectivity index (χ4n) is 3.82. The summed E-state index contributed by atoms with van der Waals surface area (Å²) in [6.45, 7) is 4.32. The molecular formula is C25H23Cl2FN4OS. The number of benzene rings is 3. The van der Waals surface area contributed by atoms with E-state index in [1.807, 2.05) is 30.3 Å². The Morgan fingerprint density at radius 1 is 0.941 bits per heavy atom. The van der Waals surface area contributed by atoms with Crippen molar-refractivity contribution in [3.63, 3.8) is 0 Å². The highest BCUT2D eigenvalue weighted by Gasteiger charge is 2.20. The first-order valence-electron chi connectivity index (χ1n) is 10.8. The van der Waals surface area contributed by atoms with Crippen molar-refractivity contribution in [3.05, 3.63) is 93.7 Å². The normalized spacial score (nSPS) is 14.0. The first-order chi connectivity index (χ1) is 16.4. The molecule has 0 unspecified atom stereocenters. The van der Waals surface area contributed by atoms with Crippen LogP contribution in [0, 0.1) is 5.82 Å². The molecule has 4 rings (SSSR count). The van der Waals surface area contributed by atoms with Gasteiger partial charge in [0.05, 0.1) is 10.7 Å². The Morgan fingerprint density at radius 2 is 1.71 bits per heavy atom. The number of carbonyl (C=O) groups excluding carboxylic acids is 1. The zero-order valence-electron chi connectivity index (χ0n) is 18.2. The largest absolute Gasteiger partial charge is 0.368 e. The zero-order chi connectivity index (χ0) is 24.1. The maximum atomic E-state index is 13.3. The van der Waals surface area contributed by atoms with Crippen LogP contribution >= 0.6 is 35.4 Å². The number of thiocarbonyl (C=S) groups is 1. The van der Waals surface area contributed by atoms with E-state index in [2.05, 4.69) is 26.5 Å². The number of rotatable bonds is 5. The molecule has 1 saturated heterocycles. The zero-order valence-corrected chi connectivity index (χ0v) is 20.6. The maximum absolute atomic E-state index is 13.3. The van der Waals surface area contributed by atoms with Gasteiger partial charge in [-0.2, -0.15) is 0 Å². The van der Waals surface area contributed by atoms with Crippen molar-refractivity contribution in [2.45, 2.75) is 6.54 Å². The van der Waals surface area contributed by atoms with Gasteiger partial charge < -0.3 is 10.2 Å². The maximum Gasteiger partial charge on any atom is 0.257 e. The Labute approximate surface area is 213 Å². The summed E-state index contributed by atoms with van der Waals surface area (Å²) in [5.41, 5.74) is 2.91. The van der Waals surface area contributed by atoms with E-state index in [1.165, 1.54) is 18.2 Å². The number of hydrogen-bond acceptors (Lipinski definition) is 4. The number of carbonyl (C=O) groups is 1. The molecule has 1 fully saturated rings. The summed E-state index contributed by atoms with van der Waals surface area (Å²) < 4.78 is 13.3. The number of hydrogen-bond donors (Lipinski definition) is 2. The molecule has 0 aromatic heterocycles. The van der Waals surface area contributed by atoms with E-state index in [9.17, 15) is 9.18 Å². The summed E-state index contributed by atoms with van der Waals surface area (Å²) in [6, 6.07) is 18.9. The van der Waals surface area contributed by atoms with Crippen LogP contribution in [0.3, 0.4) is 0 Å². The molecule has 34 heavy (non-hydrogen) atoms. The highest BCUT2D eigenvalue weighted by atomic mass is 35.5. The Morgan fingerprint density at radius 3 is 2.41 bits per heavy atom. The SMILES string of the molecule is O=C(NC(=S)Nc1ccc(N2CCN(Cc3ccccc3Cl)CC2)c(Cl)c1)c1cccc(F)c1. The summed E-state index contributed by atoms with van der Waals surface area (Å²) in [4.78, 5) is 16.9. The van der Waals surface area contributed by atoms with Crippen molar-refractivity contribution in [2.24, 2.45) is 0 Å². The predicted octanol–water partition coefficient (Wildman–Crippen LogP) is 5.58. The van der Waals surface area contributed by atoms with Crippen molar-refractivity contribution in [3.8, 4) is 0 Å². The van der Waals surface area contributed by atoms with Crippen LogP contribution in [0.15, 0.2) is 66.7 Å². The third-order valence-corrected chi connectivity index (χ3v) is 6.46. The second-order valence-electron chi connectivity index (χ2n) is 7.94. The molecule has 176 valence electrons. The number of piperazine rings is 1. The lowest BCUT2D eigenvalue weighted by atomic mass is 10.2. The average molecular weight is 517 g/mol. The van der Waals surface area contributed by atoms with Gasteiger partial charge in [0.25, 0.3) is 5.91 Å². The number of anilines is 2. The molecule has 3 aromatic carbocycles. The van der Waals surface area contributed by atoms with E-state index in [-0.39, 0.29) is 10.7 Å². The van der Waals surface area contributed by atoms with Gasteiger partial charge in [0.15, 0.2) is 5.11 Å². The van der Waals surface area contributed by atoms with Crippen LogP contribution in [0.4, 0.5) is 15.8 Å². The molecule has 0 spiro atoms. The summed E-state index contributed by atoms with van der Waals surface area (Å²) in [7, 11) is 0. The number of nitrogens with one attached hydrogen (secondary N) is 2. The smallest absolute Gasteiger partial charge is 0.257 e. The van der Waals surface area contributed by atoms with Crippen molar-refractivity contribution in [1.82, 2.24) is 10.2 Å². The molecule has 2 N–H and O–H groups in total. The van der Waals surface area contributed by atoms with Crippen LogP contribution in [-0.4, -0.2) is 42.1 Å². The minimum Gasteiger partial charge on any atom is -0.368 e. The number of halogens is 3. The van der Waals surface area contributed by atoms with Crippen LogP contribution in [-0.2, 0) is 6.54 Å². The topological polar surface area (TPSA) is 47.6 Å². The van der Waals surface area contributed by atoms with Gasteiger partial charge >= 0.3 is 0 Å². The molecule has 0 bridgehead atoms. The van der Waals surface area contributed by atoms with Crippen molar-refractivity contribution < 1.29 is 9.18 Å². The molecule has 0 aliphatic carbocycles. The lowest BCUT2D eigenvalue weighted by molar-refractivity contribution is 0.0977. The molecule has 1 amide bonds. The van der Waals surface area contributed by atoms with Gasteiger partial charge in [-0.15, -0.1) is 0 Å². The van der Waals surface area contributed by atoms with Gasteiger partial charge in [0.2, 0.25) is 0 Å². The number of amides is 1. The Balaban J connectivity index is 1.31. The summed E-state index contributed by atoms with van der Waals surface area (Å²) in [5, 5.41) is 6.98. The lowest BCUT2D eigenvalue weighted by Crippen LogP contribution is -2.46. The summed E-state index contributed by atoms with van der Waals surface area (Å²) in [5.74, 6) is -0.979. The van der Waals surface area contributed by atoms with E-state index < -0.39 is 11.7 Å². The van der Waals surface area contributed by atoms with E-state index in [4.69, 9.17) is 35.4 Å². The standard InChI is InChI=1S/C25H23Cl2FN4OS/c26-21-7-2-1-4-18(21)16-31-10-12-32(13-11-31)23-9-8-20(15-22(23)27)29-25(34)30-24(33)17-5-3-6-19(28)14-17/h1-9,14-15H,10-13,16H2,(H2,29,30,33,34). The fraction of sp³-hybridized carbons (Fsp3) is 0.200. The fourth-order valence-corrected chi connectivity index (χ4v) is 4.53. The lowest BCUT2D eigenvalue weighted by Gasteiger charge is -2.36. The van der Waals surface area contributed by atoms with Crippen LogP contribution in [0.5, 0.6) is 0 Å². The first kappa shape index (κ1) is 24.4. The van der Waals surface area contributed by atoms with Crippen LogP contribution in [0.1, 0.15) is 15.9 Å². The highest BCUT2D eigenvalue weighted by molar-refractivity contribution is 7.80. The Hall–Kier alpha value is -2.71. The highest BCUT2D eigenvalue weighted by Crippen LogP contribution is 2.30. The van der Waals surface area contributed by atoms with Gasteiger partial charge in [-0.05, 0) is 60.2 Å². The quantitative estimate of drug-likeness (QED) is 0.433. The van der Waals surface area contributed by atoms with E-state index >= 15 is 0 Å². The second-order valence-corrected chi connectivity index (χ2v) is 9.16. The van der Waals surface area contributed by atoms with E-state index in [0.717, 1.165) is 55.1 Å². The average Bonchev–Trinajstić information content (AvgIpc) is 2.81. The summed E-state index contributed by atoms with van der Waals surface area (Å²) >= 11 is 18.1. The minimum absolute atomic E-state index is 0.103. The van der Waals surface area contributed by atoms with Gasteiger partial charge in [-0.3, -0.25) is 15.0 Å². The van der Waals surface area contributed by atoms with Crippen LogP contribution in [0.2, 0.25) is 10.0 Å². The van der Waals surface area contributed by atoms with Gasteiger partial charge in [-0.1, -0.05) is 47.5 Å². The molecular weight excluding hydrogens is 494 g/mol. The third kappa shape index (κ3) is 6.24. The van der Waals surface area contributed by atoms with Crippen molar-refractivity contribution in [2.75, 3.05) is 36.4 Å². The monoisotopic (exact) mass is 516 g/mol. The number of nitrogens with zero attached hydrogens (tertiary/aromatic N) is 2. The Bertz CT molecular complexity index is 1200. The molecule has 1 heterocycles. The van der Waals surface area contributed by atoms with Gasteiger partial charge in [-0.25, -0.2) is 4.39 Å². The van der Waals surface area contributed by atoms with Crippen molar-refractivity contribution >= 4 is 57.8 Å². The first-order valence-corrected chi connectivity index (χ1v) is 11.9. The van der Waals surface area contributed by atoms with Crippen LogP contribution in [0.25, 0.3) is 0 Å². The second kappa shape index (κ2) is 11.1. The predicted molar refractivity (Wildman–Crippen MR) is 140 cm³/mol. The minimum atomic E-state index is -0.491. The molecule has 1 aliphatic heterocycles. The Kier molecular flexibility index (Phi) is 8.00. The van der Waals surface area contributed by atoms with Gasteiger partial charge in [0, 0.05) is 49.0 Å². The summed E-state index contributed by atoms with van der Waals surface area (Å²) in [6.07, 6.45) is 0. The van der Waals surface area contributed by atoms with Crippen molar-refractivity contribution in [1.29, 1.82) is 0 Å². The van der Waals surface area contributed by atoms with Crippen LogP contribution < -0.4 is 15.5 Å². The molecule has 0 radical (unpaired) electrons. The molecule has 0 atom stereocenters. The molecule has 3 aromatic rings. The molecule has 0 saturated carbocycles. The molecule has 9 heteroatoms. The van der Waals surface area contributed by atoms with E-state index in [1.54, 1.807) is 6.07 Å².